The summed E-state index contributed by atoms with van der Waals surface area (Å²) in [4.78, 5) is 12.3. The fourth-order valence-corrected chi connectivity index (χ4v) is 5.72. The van der Waals surface area contributed by atoms with Gasteiger partial charge in [0.05, 0.1) is 15.8 Å². The summed E-state index contributed by atoms with van der Waals surface area (Å²) in [6, 6.07) is 9.58. The quantitative estimate of drug-likeness (QED) is 0.649. The average Bonchev–Trinajstić information content (AvgIpc) is 3.16. The Hall–Kier alpha value is -2.00. The van der Waals surface area contributed by atoms with Gasteiger partial charge in [0.15, 0.2) is 0 Å². The van der Waals surface area contributed by atoms with Crippen molar-refractivity contribution in [1.82, 2.24) is 16.0 Å². The highest BCUT2D eigenvalue weighted by Crippen LogP contribution is 2.26. The van der Waals surface area contributed by atoms with Crippen molar-refractivity contribution < 1.29 is 17.6 Å². The molecule has 3 unspecified atom stereocenters. The van der Waals surface area contributed by atoms with E-state index in [2.05, 4.69) is 16.0 Å². The Labute approximate surface area is 180 Å². The molecule has 4 rings (SSSR count). The minimum absolute atomic E-state index is 0.0176. The van der Waals surface area contributed by atoms with Crippen LogP contribution in [0.15, 0.2) is 52.3 Å². The lowest BCUT2D eigenvalue weighted by Crippen LogP contribution is -2.45. The lowest BCUT2D eigenvalue weighted by atomic mass is 9.94. The van der Waals surface area contributed by atoms with Crippen molar-refractivity contribution in [2.45, 2.75) is 41.3 Å². The standard InChI is InChI=1S/C21H23ClFN3O3S/c22-15-8-16(23)10-18(9-15)30(28,29)17-3-1-13(2-4-17)11-25-21(27)20-7-14-12-24-6-5-19(14)26-20/h1-4,8-10,14,19-20,24,26H,5-7,11-12H2,(H,25,27). The van der Waals surface area contributed by atoms with Crippen LogP contribution in [0.2, 0.25) is 5.02 Å². The SMILES string of the molecule is O=C(NCc1ccc(S(=O)(=O)c2cc(F)cc(Cl)c2)cc1)C1CC2CNCCC2N1. The van der Waals surface area contributed by atoms with Gasteiger partial charge in [0.1, 0.15) is 5.82 Å². The smallest absolute Gasteiger partial charge is 0.237 e. The monoisotopic (exact) mass is 451 g/mol. The van der Waals surface area contributed by atoms with Gasteiger partial charge in [0.2, 0.25) is 15.7 Å². The van der Waals surface area contributed by atoms with E-state index in [9.17, 15) is 17.6 Å². The molecule has 0 saturated carbocycles. The summed E-state index contributed by atoms with van der Waals surface area (Å²) in [6.45, 7) is 2.21. The highest BCUT2D eigenvalue weighted by atomic mass is 35.5. The molecular formula is C21H23ClFN3O3S. The zero-order chi connectivity index (χ0) is 21.3. The number of amides is 1. The Balaban J connectivity index is 1.38. The van der Waals surface area contributed by atoms with Crippen LogP contribution in [0, 0.1) is 11.7 Å². The van der Waals surface area contributed by atoms with E-state index < -0.39 is 15.7 Å². The topological polar surface area (TPSA) is 87.3 Å². The normalized spacial score (nSPS) is 23.7. The van der Waals surface area contributed by atoms with E-state index in [1.165, 1.54) is 18.2 Å². The van der Waals surface area contributed by atoms with Crippen LogP contribution in [0.4, 0.5) is 4.39 Å². The first kappa shape index (κ1) is 21.2. The number of halogens is 2. The molecule has 0 bridgehead atoms. The molecule has 2 aromatic rings. The summed E-state index contributed by atoms with van der Waals surface area (Å²) in [5, 5.41) is 9.71. The fraction of sp³-hybridized carbons (Fsp3) is 0.381. The van der Waals surface area contributed by atoms with Crippen molar-refractivity contribution >= 4 is 27.3 Å². The average molecular weight is 452 g/mol. The van der Waals surface area contributed by atoms with Gasteiger partial charge in [-0.05, 0) is 67.7 Å². The Bertz CT molecular complexity index is 1010. The molecule has 160 valence electrons. The van der Waals surface area contributed by atoms with Crippen LogP contribution in [0.3, 0.4) is 0 Å². The summed E-state index contributed by atoms with van der Waals surface area (Å²) in [5.74, 6) is -0.276. The van der Waals surface area contributed by atoms with Crippen LogP contribution in [-0.4, -0.2) is 39.5 Å². The molecule has 30 heavy (non-hydrogen) atoms. The van der Waals surface area contributed by atoms with Crippen LogP contribution in [0.5, 0.6) is 0 Å². The van der Waals surface area contributed by atoms with Crippen molar-refractivity contribution in [3.05, 3.63) is 58.9 Å². The van der Waals surface area contributed by atoms with Crippen LogP contribution in [0.25, 0.3) is 0 Å². The minimum Gasteiger partial charge on any atom is -0.351 e. The number of hydrogen-bond acceptors (Lipinski definition) is 5. The third kappa shape index (κ3) is 4.51. The summed E-state index contributed by atoms with van der Waals surface area (Å²) in [7, 11) is -3.89. The van der Waals surface area contributed by atoms with Gasteiger partial charge in [-0.25, -0.2) is 12.8 Å². The molecule has 2 aliphatic rings. The molecule has 2 aromatic carbocycles. The predicted molar refractivity (Wildman–Crippen MR) is 111 cm³/mol. The van der Waals surface area contributed by atoms with Crippen LogP contribution in [0.1, 0.15) is 18.4 Å². The fourth-order valence-electron chi connectivity index (χ4n) is 4.12. The van der Waals surface area contributed by atoms with E-state index in [0.717, 1.165) is 43.6 Å². The van der Waals surface area contributed by atoms with Gasteiger partial charge >= 0.3 is 0 Å². The highest BCUT2D eigenvalue weighted by Gasteiger charge is 2.38. The van der Waals surface area contributed by atoms with E-state index >= 15 is 0 Å². The van der Waals surface area contributed by atoms with Gasteiger partial charge in [0, 0.05) is 17.6 Å². The van der Waals surface area contributed by atoms with Crippen molar-refractivity contribution in [2.75, 3.05) is 13.1 Å². The number of rotatable bonds is 5. The van der Waals surface area contributed by atoms with Crippen LogP contribution in [-0.2, 0) is 21.2 Å². The van der Waals surface area contributed by atoms with E-state index in [4.69, 9.17) is 11.6 Å². The molecule has 3 N–H and O–H groups in total. The Morgan fingerprint density at radius 2 is 1.93 bits per heavy atom. The van der Waals surface area contributed by atoms with E-state index in [1.54, 1.807) is 12.1 Å². The van der Waals surface area contributed by atoms with E-state index in [0.29, 0.717) is 18.5 Å². The first-order valence-corrected chi connectivity index (χ1v) is 11.7. The number of benzene rings is 2. The molecule has 2 fully saturated rings. The second-order valence-corrected chi connectivity index (χ2v) is 10.2. The lowest BCUT2D eigenvalue weighted by molar-refractivity contribution is -0.123. The van der Waals surface area contributed by atoms with Gasteiger partial charge in [-0.3, -0.25) is 4.79 Å². The molecule has 6 nitrogen and oxygen atoms in total. The largest absolute Gasteiger partial charge is 0.351 e. The number of nitrogens with one attached hydrogen (secondary N) is 3. The minimum atomic E-state index is -3.89. The Kier molecular flexibility index (Phi) is 6.11. The molecule has 2 saturated heterocycles. The third-order valence-electron chi connectivity index (χ3n) is 5.72. The van der Waals surface area contributed by atoms with Gasteiger partial charge in [0.25, 0.3) is 0 Å². The number of piperidine rings is 1. The number of carbonyl (C=O) groups excluding carboxylic acids is 1. The zero-order valence-corrected chi connectivity index (χ0v) is 17.8. The van der Waals surface area contributed by atoms with Gasteiger partial charge in [-0.1, -0.05) is 23.7 Å². The number of sulfone groups is 1. The molecule has 0 aromatic heterocycles. The number of carbonyl (C=O) groups is 1. The summed E-state index contributed by atoms with van der Waals surface area (Å²) in [6.07, 6.45) is 1.85. The number of fused-ring (bicyclic) bond motifs is 1. The van der Waals surface area contributed by atoms with E-state index in [-0.39, 0.29) is 26.8 Å². The summed E-state index contributed by atoms with van der Waals surface area (Å²) in [5.41, 5.74) is 0.775. The second kappa shape index (κ2) is 8.63. The van der Waals surface area contributed by atoms with Crippen LogP contribution < -0.4 is 16.0 Å². The van der Waals surface area contributed by atoms with Gasteiger partial charge in [-0.2, -0.15) is 0 Å². The van der Waals surface area contributed by atoms with Crippen molar-refractivity contribution in [3.8, 4) is 0 Å². The molecular weight excluding hydrogens is 429 g/mol. The van der Waals surface area contributed by atoms with Gasteiger partial charge in [-0.15, -0.1) is 0 Å². The zero-order valence-electron chi connectivity index (χ0n) is 16.2. The molecule has 0 radical (unpaired) electrons. The van der Waals surface area contributed by atoms with Crippen LogP contribution >= 0.6 is 11.6 Å². The maximum atomic E-state index is 13.5. The third-order valence-corrected chi connectivity index (χ3v) is 7.69. The summed E-state index contributed by atoms with van der Waals surface area (Å²) < 4.78 is 39.0. The lowest BCUT2D eigenvalue weighted by Gasteiger charge is -2.25. The molecule has 2 aliphatic heterocycles. The molecule has 3 atom stereocenters. The maximum Gasteiger partial charge on any atom is 0.237 e. The first-order valence-electron chi connectivity index (χ1n) is 9.87. The molecule has 9 heteroatoms. The van der Waals surface area contributed by atoms with Crippen molar-refractivity contribution in [1.29, 1.82) is 0 Å². The van der Waals surface area contributed by atoms with Crippen molar-refractivity contribution in [2.24, 2.45) is 5.92 Å². The maximum absolute atomic E-state index is 13.5. The highest BCUT2D eigenvalue weighted by molar-refractivity contribution is 7.91. The molecule has 2 heterocycles. The van der Waals surface area contributed by atoms with E-state index in [1.807, 2.05) is 0 Å². The molecule has 1 amide bonds. The second-order valence-electron chi connectivity index (χ2n) is 7.78. The number of hydrogen-bond donors (Lipinski definition) is 3. The predicted octanol–water partition coefficient (Wildman–Crippen LogP) is 2.27. The molecule has 0 spiro atoms. The first-order chi connectivity index (χ1) is 14.3. The Morgan fingerprint density at radius 1 is 1.17 bits per heavy atom. The Morgan fingerprint density at radius 3 is 2.63 bits per heavy atom. The summed E-state index contributed by atoms with van der Waals surface area (Å²) >= 11 is 5.78. The van der Waals surface area contributed by atoms with Gasteiger partial charge < -0.3 is 16.0 Å². The van der Waals surface area contributed by atoms with Crippen molar-refractivity contribution in [3.63, 3.8) is 0 Å². The molecule has 0 aliphatic carbocycles.